The van der Waals surface area contributed by atoms with Crippen molar-refractivity contribution in [1.29, 1.82) is 0 Å². The molecule has 1 aliphatic rings. The van der Waals surface area contributed by atoms with Crippen LogP contribution in [0.25, 0.3) is 10.9 Å². The molecule has 0 atom stereocenters. The number of piperazine rings is 1. The zero-order chi connectivity index (χ0) is 24.5. The fraction of sp³-hybridized carbons (Fsp3) is 0.259. The predicted molar refractivity (Wildman–Crippen MR) is 151 cm³/mol. The lowest BCUT2D eigenvalue weighted by Gasteiger charge is -2.34. The Kier molecular flexibility index (Phi) is 7.00. The number of fused-ring (bicyclic) bond motifs is 1. The Hall–Kier alpha value is -2.62. The molecule has 1 saturated heterocycles. The molecule has 0 saturated carbocycles. The second-order valence-corrected chi connectivity index (χ2v) is 10.7. The molecule has 35 heavy (non-hydrogen) atoms. The maximum atomic E-state index is 13.9. The standard InChI is InChI=1S/C27H26ClIN4O2/c1-30-11-13-31(14-12-30)23-15-21(28)16-24-25(23)26(34)33(18-20-7-9-22(29)10-8-20)27(35)32(24)17-19-5-3-2-4-6-19/h2-10,15-16H,11-14,17-18H2,1H3. The van der Waals surface area contributed by atoms with Crippen molar-refractivity contribution >= 4 is 50.8 Å². The van der Waals surface area contributed by atoms with Gasteiger partial charge in [0.15, 0.2) is 0 Å². The van der Waals surface area contributed by atoms with E-state index in [1.165, 1.54) is 4.57 Å². The molecule has 0 aliphatic carbocycles. The SMILES string of the molecule is CN1CCN(c2cc(Cl)cc3c2c(=O)n(Cc2ccc(I)cc2)c(=O)n3Cc2ccccc2)CC1. The van der Waals surface area contributed by atoms with Crippen LogP contribution in [0.1, 0.15) is 11.1 Å². The van der Waals surface area contributed by atoms with E-state index in [4.69, 9.17) is 11.6 Å². The molecule has 1 aromatic heterocycles. The first-order chi connectivity index (χ1) is 16.9. The molecule has 6 nitrogen and oxygen atoms in total. The van der Waals surface area contributed by atoms with Gasteiger partial charge in [-0.25, -0.2) is 4.79 Å². The number of aromatic nitrogens is 2. The Bertz CT molecular complexity index is 1470. The van der Waals surface area contributed by atoms with Crippen LogP contribution in [-0.2, 0) is 13.1 Å². The van der Waals surface area contributed by atoms with Gasteiger partial charge in [0, 0.05) is 34.8 Å². The summed E-state index contributed by atoms with van der Waals surface area (Å²) in [5.41, 5.74) is 2.64. The Morgan fingerprint density at radius 2 is 1.46 bits per heavy atom. The first kappa shape index (κ1) is 24.1. The lowest BCUT2D eigenvalue weighted by atomic mass is 10.1. The summed E-state index contributed by atoms with van der Waals surface area (Å²) in [5.74, 6) is 0. The van der Waals surface area contributed by atoms with Crippen LogP contribution in [0.2, 0.25) is 5.02 Å². The van der Waals surface area contributed by atoms with Gasteiger partial charge in [0.1, 0.15) is 0 Å². The van der Waals surface area contributed by atoms with Gasteiger partial charge in [0.05, 0.1) is 29.7 Å². The minimum atomic E-state index is -0.337. The Balaban J connectivity index is 1.75. The molecule has 5 rings (SSSR count). The summed E-state index contributed by atoms with van der Waals surface area (Å²) in [6, 6.07) is 21.3. The Morgan fingerprint density at radius 3 is 2.14 bits per heavy atom. The third-order valence-corrected chi connectivity index (χ3v) is 7.49. The van der Waals surface area contributed by atoms with Gasteiger partial charge in [-0.2, -0.15) is 0 Å². The van der Waals surface area contributed by atoms with Crippen molar-refractivity contribution in [3.8, 4) is 0 Å². The summed E-state index contributed by atoms with van der Waals surface area (Å²) in [6.45, 7) is 3.94. The molecule has 3 aromatic carbocycles. The van der Waals surface area contributed by atoms with Crippen LogP contribution in [0.5, 0.6) is 0 Å². The summed E-state index contributed by atoms with van der Waals surface area (Å²) >= 11 is 8.82. The van der Waals surface area contributed by atoms with Gasteiger partial charge in [-0.1, -0.05) is 54.1 Å². The highest BCUT2D eigenvalue weighted by Crippen LogP contribution is 2.29. The van der Waals surface area contributed by atoms with E-state index in [0.717, 1.165) is 46.6 Å². The number of anilines is 1. The summed E-state index contributed by atoms with van der Waals surface area (Å²) in [6.07, 6.45) is 0. The number of benzene rings is 3. The van der Waals surface area contributed by atoms with Gasteiger partial charge in [-0.05, 0) is 65.0 Å². The minimum absolute atomic E-state index is 0.212. The van der Waals surface area contributed by atoms with E-state index in [2.05, 4.69) is 39.4 Å². The second-order valence-electron chi connectivity index (χ2n) is 8.98. The average molecular weight is 601 g/mol. The van der Waals surface area contributed by atoms with Crippen LogP contribution in [0, 0.1) is 3.57 Å². The van der Waals surface area contributed by atoms with Crippen LogP contribution < -0.4 is 16.1 Å². The molecule has 0 bridgehead atoms. The molecule has 1 aliphatic heterocycles. The molecule has 8 heteroatoms. The highest BCUT2D eigenvalue weighted by molar-refractivity contribution is 14.1. The molecular weight excluding hydrogens is 575 g/mol. The molecule has 0 spiro atoms. The summed E-state index contributed by atoms with van der Waals surface area (Å²) < 4.78 is 4.15. The van der Waals surface area contributed by atoms with Crippen LogP contribution in [0.3, 0.4) is 0 Å². The van der Waals surface area contributed by atoms with E-state index in [1.807, 2.05) is 60.7 Å². The van der Waals surface area contributed by atoms with Crippen molar-refractivity contribution in [2.75, 3.05) is 38.1 Å². The smallest absolute Gasteiger partial charge is 0.332 e. The maximum Gasteiger partial charge on any atom is 0.332 e. The monoisotopic (exact) mass is 600 g/mol. The highest BCUT2D eigenvalue weighted by atomic mass is 127. The zero-order valence-corrected chi connectivity index (χ0v) is 22.4. The van der Waals surface area contributed by atoms with Crippen molar-refractivity contribution in [3.63, 3.8) is 0 Å². The highest BCUT2D eigenvalue weighted by Gasteiger charge is 2.23. The van der Waals surface area contributed by atoms with Gasteiger partial charge in [-0.15, -0.1) is 0 Å². The van der Waals surface area contributed by atoms with Crippen molar-refractivity contribution in [3.05, 3.63) is 107 Å². The molecular formula is C27H26ClIN4O2. The van der Waals surface area contributed by atoms with Crippen LogP contribution >= 0.6 is 34.2 Å². The van der Waals surface area contributed by atoms with Gasteiger partial charge in [-0.3, -0.25) is 13.9 Å². The Morgan fingerprint density at radius 1 is 0.829 bits per heavy atom. The number of halogens is 2. The molecule has 0 radical (unpaired) electrons. The lowest BCUT2D eigenvalue weighted by Crippen LogP contribution is -2.46. The summed E-state index contributed by atoms with van der Waals surface area (Å²) in [4.78, 5) is 32.2. The number of likely N-dealkylation sites (N-methyl/N-ethyl adjacent to an activating group) is 1. The maximum absolute atomic E-state index is 13.9. The quantitative estimate of drug-likeness (QED) is 0.321. The third kappa shape index (κ3) is 5.03. The number of hydrogen-bond acceptors (Lipinski definition) is 4. The summed E-state index contributed by atoms with van der Waals surface area (Å²) in [5, 5.41) is 1.06. The molecule has 0 unspecified atom stereocenters. The van der Waals surface area contributed by atoms with E-state index in [0.29, 0.717) is 22.5 Å². The van der Waals surface area contributed by atoms with Crippen LogP contribution in [-0.4, -0.2) is 47.3 Å². The third-order valence-electron chi connectivity index (χ3n) is 6.55. The average Bonchev–Trinajstić information content (AvgIpc) is 2.86. The fourth-order valence-corrected chi connectivity index (χ4v) is 5.17. The van der Waals surface area contributed by atoms with E-state index in [-0.39, 0.29) is 17.8 Å². The van der Waals surface area contributed by atoms with Gasteiger partial charge >= 0.3 is 5.69 Å². The Labute approximate surface area is 222 Å². The largest absolute Gasteiger partial charge is 0.368 e. The second kappa shape index (κ2) is 10.2. The van der Waals surface area contributed by atoms with Crippen LogP contribution in [0.4, 0.5) is 5.69 Å². The topological polar surface area (TPSA) is 50.5 Å². The number of nitrogens with zero attached hydrogens (tertiary/aromatic N) is 4. The van der Waals surface area contributed by atoms with E-state index in [9.17, 15) is 9.59 Å². The summed E-state index contributed by atoms with van der Waals surface area (Å²) in [7, 11) is 2.10. The van der Waals surface area contributed by atoms with Crippen molar-refractivity contribution in [1.82, 2.24) is 14.0 Å². The fourth-order valence-electron chi connectivity index (χ4n) is 4.61. The van der Waals surface area contributed by atoms with Crippen molar-refractivity contribution < 1.29 is 0 Å². The molecule has 180 valence electrons. The number of rotatable bonds is 5. The van der Waals surface area contributed by atoms with Crippen molar-refractivity contribution in [2.24, 2.45) is 0 Å². The predicted octanol–water partition coefficient (Wildman–Crippen LogP) is 4.27. The van der Waals surface area contributed by atoms with Gasteiger partial charge in [0.2, 0.25) is 0 Å². The number of hydrogen-bond donors (Lipinski definition) is 0. The van der Waals surface area contributed by atoms with Crippen LogP contribution in [0.15, 0.2) is 76.3 Å². The first-order valence-corrected chi connectivity index (χ1v) is 13.0. The normalized spacial score (nSPS) is 14.5. The molecule has 2 heterocycles. The van der Waals surface area contributed by atoms with Crippen molar-refractivity contribution in [2.45, 2.75) is 13.1 Å². The zero-order valence-electron chi connectivity index (χ0n) is 19.5. The molecule has 0 amide bonds. The van der Waals surface area contributed by atoms with E-state index in [1.54, 1.807) is 10.6 Å². The van der Waals surface area contributed by atoms with Gasteiger partial charge in [0.25, 0.3) is 5.56 Å². The first-order valence-electron chi connectivity index (χ1n) is 11.6. The minimum Gasteiger partial charge on any atom is -0.368 e. The van der Waals surface area contributed by atoms with Gasteiger partial charge < -0.3 is 9.80 Å². The molecule has 1 fully saturated rings. The molecule has 4 aromatic rings. The van der Waals surface area contributed by atoms with E-state index >= 15 is 0 Å². The lowest BCUT2D eigenvalue weighted by molar-refractivity contribution is 0.313. The van der Waals surface area contributed by atoms with E-state index < -0.39 is 0 Å². The molecule has 0 N–H and O–H groups in total.